The van der Waals surface area contributed by atoms with Gasteiger partial charge in [0.15, 0.2) is 5.69 Å². The molecule has 39 heavy (non-hydrogen) atoms. The average molecular weight is 544 g/mol. The van der Waals surface area contributed by atoms with E-state index in [-0.39, 0.29) is 40.3 Å². The predicted octanol–water partition coefficient (Wildman–Crippen LogP) is 2.47. The number of nitrogens with zero attached hydrogens (tertiary/aromatic N) is 3. The number of aromatic nitrogens is 4. The van der Waals surface area contributed by atoms with Crippen LogP contribution in [0, 0.1) is 5.82 Å². The first-order valence-corrected chi connectivity index (χ1v) is 11.5. The first-order valence-electron chi connectivity index (χ1n) is 11.5. The Morgan fingerprint density at radius 2 is 1.95 bits per heavy atom. The molecule has 1 unspecified atom stereocenters. The minimum atomic E-state index is -5.35. The van der Waals surface area contributed by atoms with E-state index in [0.29, 0.717) is 5.52 Å². The first-order chi connectivity index (χ1) is 18.3. The molecule has 2 amide bonds. The quantitative estimate of drug-likeness (QED) is 0.272. The normalized spacial score (nSPS) is 18.3. The van der Waals surface area contributed by atoms with Gasteiger partial charge in [0.1, 0.15) is 29.3 Å². The second kappa shape index (κ2) is 9.01. The van der Waals surface area contributed by atoms with Gasteiger partial charge in [-0.25, -0.2) is 9.37 Å². The number of benzene rings is 1. The molecule has 0 radical (unpaired) electrons. The fraction of sp³-hybridized carbons (Fsp3) is 0.240. The molecule has 202 valence electrons. The summed E-state index contributed by atoms with van der Waals surface area (Å²) in [5, 5.41) is 19.8. The molecule has 0 fully saturated rings. The van der Waals surface area contributed by atoms with Crippen LogP contribution >= 0.6 is 0 Å². The minimum absolute atomic E-state index is 0.0317. The number of aliphatic hydroxyl groups is 1. The molecule has 5 rings (SSSR count). The number of rotatable bonds is 6. The van der Waals surface area contributed by atoms with Crippen LogP contribution in [-0.2, 0) is 15.8 Å². The van der Waals surface area contributed by atoms with Crippen LogP contribution in [0.25, 0.3) is 22.2 Å². The molecule has 1 aliphatic rings. The molecule has 10 nitrogen and oxygen atoms in total. The standard InChI is InChI=1S/C25H20F4N6O4/c1-23(22(30)37)11-39-20-15(23)8-17(33-18(20)12-2-4-13(26)5-3-12)24(38,25(27,28)29)10-32-21(36)19-14-9-31-7-6-16(14)34-35-19/h2-9,38H,10-11H2,1H3,(H2,30,37)(H,32,36)(H,34,35)/t23-,24?/m0/s1. The van der Waals surface area contributed by atoms with E-state index in [4.69, 9.17) is 10.5 Å². The van der Waals surface area contributed by atoms with Gasteiger partial charge in [0.2, 0.25) is 11.5 Å². The number of hydrogen-bond acceptors (Lipinski definition) is 7. The summed E-state index contributed by atoms with van der Waals surface area (Å²) < 4.78 is 62.6. The average Bonchev–Trinajstić information content (AvgIpc) is 3.49. The molecule has 4 heterocycles. The predicted molar refractivity (Wildman–Crippen MR) is 128 cm³/mol. The highest BCUT2D eigenvalue weighted by molar-refractivity contribution is 6.04. The van der Waals surface area contributed by atoms with Crippen LogP contribution in [0.5, 0.6) is 5.75 Å². The van der Waals surface area contributed by atoms with Gasteiger partial charge in [0.05, 0.1) is 23.1 Å². The Hall–Kier alpha value is -4.59. The smallest absolute Gasteiger partial charge is 0.424 e. The summed E-state index contributed by atoms with van der Waals surface area (Å²) in [5.41, 5.74) is -0.522. The molecule has 1 aromatic carbocycles. The zero-order chi connectivity index (χ0) is 28.2. The number of carbonyl (C=O) groups is 2. The van der Waals surface area contributed by atoms with E-state index in [1.807, 2.05) is 0 Å². The Balaban J connectivity index is 1.61. The van der Waals surface area contributed by atoms with Crippen molar-refractivity contribution in [2.24, 2.45) is 5.73 Å². The first kappa shape index (κ1) is 26.0. The minimum Gasteiger partial charge on any atom is -0.489 e. The van der Waals surface area contributed by atoms with Crippen molar-refractivity contribution in [2.45, 2.75) is 24.1 Å². The van der Waals surface area contributed by atoms with Crippen LogP contribution < -0.4 is 15.8 Å². The van der Waals surface area contributed by atoms with Crippen LogP contribution in [0.15, 0.2) is 48.8 Å². The van der Waals surface area contributed by atoms with Crippen molar-refractivity contribution in [2.75, 3.05) is 13.2 Å². The third kappa shape index (κ3) is 4.22. The van der Waals surface area contributed by atoms with Gasteiger partial charge in [0, 0.05) is 23.5 Å². The summed E-state index contributed by atoms with van der Waals surface area (Å²) in [6.45, 7) is -0.268. The highest BCUT2D eigenvalue weighted by Gasteiger charge is 2.57. The van der Waals surface area contributed by atoms with Crippen molar-refractivity contribution >= 4 is 22.7 Å². The Morgan fingerprint density at radius 3 is 2.62 bits per heavy atom. The van der Waals surface area contributed by atoms with E-state index in [1.165, 1.54) is 37.5 Å². The molecule has 0 aliphatic carbocycles. The summed E-state index contributed by atoms with van der Waals surface area (Å²) in [7, 11) is 0. The van der Waals surface area contributed by atoms with Crippen molar-refractivity contribution in [1.29, 1.82) is 0 Å². The van der Waals surface area contributed by atoms with Crippen LogP contribution in [-0.4, -0.2) is 56.4 Å². The summed E-state index contributed by atoms with van der Waals surface area (Å²) >= 11 is 0. The van der Waals surface area contributed by atoms with E-state index in [1.54, 1.807) is 0 Å². The molecule has 0 bridgehead atoms. The Morgan fingerprint density at radius 1 is 1.23 bits per heavy atom. The Labute approximate surface area is 217 Å². The fourth-order valence-corrected chi connectivity index (χ4v) is 4.26. The van der Waals surface area contributed by atoms with Gasteiger partial charge in [-0.3, -0.25) is 19.7 Å². The zero-order valence-electron chi connectivity index (χ0n) is 20.1. The lowest BCUT2D eigenvalue weighted by molar-refractivity contribution is -0.265. The second-order valence-electron chi connectivity index (χ2n) is 9.26. The number of H-pyrrole nitrogens is 1. The van der Waals surface area contributed by atoms with Crippen LogP contribution in [0.1, 0.15) is 28.7 Å². The maximum absolute atomic E-state index is 14.5. The number of hydrogen-bond donors (Lipinski definition) is 4. The van der Waals surface area contributed by atoms with E-state index >= 15 is 0 Å². The number of aromatic amines is 1. The van der Waals surface area contributed by atoms with Gasteiger partial charge in [-0.05, 0) is 43.3 Å². The number of fused-ring (bicyclic) bond motifs is 2. The second-order valence-corrected chi connectivity index (χ2v) is 9.26. The number of nitrogens with two attached hydrogens (primary N) is 1. The molecule has 14 heteroatoms. The van der Waals surface area contributed by atoms with E-state index in [2.05, 4.69) is 25.5 Å². The van der Waals surface area contributed by atoms with Gasteiger partial charge in [-0.2, -0.15) is 18.3 Å². The number of alkyl halides is 3. The summed E-state index contributed by atoms with van der Waals surface area (Å²) in [6, 6.07) is 7.06. The molecule has 5 N–H and O–H groups in total. The SMILES string of the molecule is C[C@]1(C(N)=O)COc2c1cc(C(O)(CNC(=O)c1n[nH]c3ccncc13)C(F)(F)F)nc2-c1ccc(F)cc1. The molecule has 4 aromatic rings. The van der Waals surface area contributed by atoms with Crippen LogP contribution in [0.2, 0.25) is 0 Å². The van der Waals surface area contributed by atoms with Crippen molar-refractivity contribution in [1.82, 2.24) is 25.5 Å². The van der Waals surface area contributed by atoms with Crippen LogP contribution in [0.4, 0.5) is 17.6 Å². The molecule has 3 aromatic heterocycles. The molecule has 0 saturated heterocycles. The summed E-state index contributed by atoms with van der Waals surface area (Å²) in [5.74, 6) is -2.53. The number of ether oxygens (including phenoxy) is 1. The lowest BCUT2D eigenvalue weighted by Crippen LogP contribution is -2.52. The number of carbonyl (C=O) groups excluding carboxylic acids is 2. The Bertz CT molecular complexity index is 1610. The highest BCUT2D eigenvalue weighted by atomic mass is 19.4. The highest BCUT2D eigenvalue weighted by Crippen LogP contribution is 2.47. The van der Waals surface area contributed by atoms with Gasteiger partial charge in [-0.1, -0.05) is 0 Å². The third-order valence-corrected chi connectivity index (χ3v) is 6.71. The van der Waals surface area contributed by atoms with Crippen molar-refractivity contribution < 1.29 is 37.0 Å². The topological polar surface area (TPSA) is 156 Å². The maximum atomic E-state index is 14.5. The summed E-state index contributed by atoms with van der Waals surface area (Å²) in [6.07, 6.45) is -2.60. The monoisotopic (exact) mass is 544 g/mol. The number of pyridine rings is 2. The number of primary amides is 1. The zero-order valence-corrected chi connectivity index (χ0v) is 20.1. The molecular formula is C25H20F4N6O4. The Kier molecular flexibility index (Phi) is 6.01. The summed E-state index contributed by atoms with van der Waals surface area (Å²) in [4.78, 5) is 33.0. The number of halogens is 4. The maximum Gasteiger partial charge on any atom is 0.424 e. The molecule has 0 spiro atoms. The van der Waals surface area contributed by atoms with Gasteiger partial charge in [-0.15, -0.1) is 0 Å². The molecular weight excluding hydrogens is 524 g/mol. The largest absolute Gasteiger partial charge is 0.489 e. The number of amides is 2. The molecule has 0 saturated carbocycles. The number of nitrogens with one attached hydrogen (secondary N) is 2. The van der Waals surface area contributed by atoms with Crippen molar-refractivity contribution in [3.63, 3.8) is 0 Å². The molecule has 1 aliphatic heterocycles. The van der Waals surface area contributed by atoms with E-state index in [0.717, 1.165) is 18.2 Å². The van der Waals surface area contributed by atoms with Crippen LogP contribution in [0.3, 0.4) is 0 Å². The van der Waals surface area contributed by atoms with E-state index < -0.39 is 47.1 Å². The third-order valence-electron chi connectivity index (χ3n) is 6.71. The van der Waals surface area contributed by atoms with Crippen molar-refractivity contribution in [3.8, 4) is 17.0 Å². The van der Waals surface area contributed by atoms with Gasteiger partial charge >= 0.3 is 6.18 Å². The van der Waals surface area contributed by atoms with Crippen molar-refractivity contribution in [3.05, 3.63) is 71.6 Å². The molecule has 2 atom stereocenters. The van der Waals surface area contributed by atoms with Gasteiger partial charge < -0.3 is 20.9 Å². The van der Waals surface area contributed by atoms with Gasteiger partial charge in [0.25, 0.3) is 5.91 Å². The van der Waals surface area contributed by atoms with E-state index in [9.17, 15) is 32.3 Å². The lowest BCUT2D eigenvalue weighted by Gasteiger charge is -2.31. The lowest BCUT2D eigenvalue weighted by atomic mass is 9.81. The fourth-order valence-electron chi connectivity index (χ4n) is 4.26.